The van der Waals surface area contributed by atoms with E-state index in [-0.39, 0.29) is 11.6 Å². The van der Waals surface area contributed by atoms with Crippen molar-refractivity contribution in [2.45, 2.75) is 25.8 Å². The molecule has 0 N–H and O–H groups in total. The van der Waals surface area contributed by atoms with Crippen LogP contribution in [-0.4, -0.2) is 19.7 Å². The second-order valence-corrected chi connectivity index (χ2v) is 4.85. The molecule has 0 saturated heterocycles. The minimum absolute atomic E-state index is 0.0941. The smallest absolute Gasteiger partial charge is 0.281 e. The third-order valence-corrected chi connectivity index (χ3v) is 3.27. The molecule has 1 aromatic heterocycles. The average molecular weight is 315 g/mol. The predicted octanol–water partition coefficient (Wildman–Crippen LogP) is 3.66. The summed E-state index contributed by atoms with van der Waals surface area (Å²) in [6.07, 6.45) is 0.844. The van der Waals surface area contributed by atoms with Crippen LogP contribution in [0.3, 0.4) is 0 Å². The highest BCUT2D eigenvalue weighted by molar-refractivity contribution is 6.30. The van der Waals surface area contributed by atoms with Gasteiger partial charge < -0.3 is 4.57 Å². The maximum absolute atomic E-state index is 11.2. The van der Waals surface area contributed by atoms with Gasteiger partial charge in [0.1, 0.15) is 5.82 Å². The second kappa shape index (κ2) is 6.19. The van der Waals surface area contributed by atoms with Gasteiger partial charge in [-0.2, -0.15) is 0 Å². The van der Waals surface area contributed by atoms with E-state index in [1.807, 2.05) is 6.92 Å². The van der Waals surface area contributed by atoms with E-state index in [2.05, 4.69) is 10.2 Å². The van der Waals surface area contributed by atoms with Gasteiger partial charge in [0.2, 0.25) is 0 Å². The van der Waals surface area contributed by atoms with E-state index < -0.39 is 4.92 Å². The molecule has 20 heavy (non-hydrogen) atoms. The summed E-state index contributed by atoms with van der Waals surface area (Å²) < 4.78 is 1.79. The summed E-state index contributed by atoms with van der Waals surface area (Å²) in [4.78, 5) is 10.7. The summed E-state index contributed by atoms with van der Waals surface area (Å²) >= 11 is 11.6. The quantitative estimate of drug-likeness (QED) is 0.479. The fraction of sp³-hybridized carbons (Fsp3) is 0.333. The number of alkyl halides is 1. The topological polar surface area (TPSA) is 73.8 Å². The number of aromatic nitrogens is 3. The maximum Gasteiger partial charge on any atom is 0.281 e. The van der Waals surface area contributed by atoms with Crippen LogP contribution in [0.15, 0.2) is 18.2 Å². The number of halogens is 2. The first-order valence-corrected chi connectivity index (χ1v) is 6.92. The highest BCUT2D eigenvalue weighted by Crippen LogP contribution is 2.31. The lowest BCUT2D eigenvalue weighted by molar-refractivity contribution is -0.384. The lowest BCUT2D eigenvalue weighted by atomic mass is 10.1. The molecule has 0 fully saturated rings. The van der Waals surface area contributed by atoms with Gasteiger partial charge in [0, 0.05) is 17.6 Å². The molecular formula is C12H12Cl2N4O2. The zero-order valence-electron chi connectivity index (χ0n) is 10.7. The monoisotopic (exact) mass is 314 g/mol. The van der Waals surface area contributed by atoms with Crippen molar-refractivity contribution >= 4 is 28.9 Å². The molecule has 0 bridgehead atoms. The van der Waals surface area contributed by atoms with Gasteiger partial charge in [-0.05, 0) is 18.6 Å². The molecule has 6 nitrogen and oxygen atoms in total. The van der Waals surface area contributed by atoms with E-state index in [4.69, 9.17) is 23.2 Å². The van der Waals surface area contributed by atoms with E-state index in [1.165, 1.54) is 6.07 Å². The highest BCUT2D eigenvalue weighted by atomic mass is 35.5. The van der Waals surface area contributed by atoms with Crippen LogP contribution >= 0.6 is 23.2 Å². The third kappa shape index (κ3) is 2.76. The van der Waals surface area contributed by atoms with E-state index in [1.54, 1.807) is 16.7 Å². The molecule has 8 heteroatoms. The molecule has 1 heterocycles. The standard InChI is InChI=1S/C12H12Cl2N4O2/c1-2-5-17-11(7-13)15-16-12(17)9-4-3-8(14)6-10(9)18(19)20/h3-4,6H,2,5,7H2,1H3. The van der Waals surface area contributed by atoms with Crippen molar-refractivity contribution in [3.63, 3.8) is 0 Å². The van der Waals surface area contributed by atoms with Crippen LogP contribution < -0.4 is 0 Å². The van der Waals surface area contributed by atoms with Gasteiger partial charge in [0.15, 0.2) is 5.82 Å². The van der Waals surface area contributed by atoms with Crippen LogP contribution in [0.2, 0.25) is 5.02 Å². The minimum atomic E-state index is -0.480. The molecule has 0 unspecified atom stereocenters. The molecule has 106 valence electrons. The predicted molar refractivity (Wildman–Crippen MR) is 77.0 cm³/mol. The molecule has 0 aliphatic heterocycles. The first-order valence-electron chi connectivity index (χ1n) is 6.00. The number of nitrogens with zero attached hydrogens (tertiary/aromatic N) is 4. The van der Waals surface area contributed by atoms with Crippen LogP contribution in [0.1, 0.15) is 19.2 Å². The maximum atomic E-state index is 11.2. The van der Waals surface area contributed by atoms with E-state index in [0.29, 0.717) is 28.8 Å². The summed E-state index contributed by atoms with van der Waals surface area (Å²) in [7, 11) is 0. The van der Waals surface area contributed by atoms with E-state index in [9.17, 15) is 10.1 Å². The summed E-state index contributed by atoms with van der Waals surface area (Å²) in [6, 6.07) is 4.48. The summed E-state index contributed by atoms with van der Waals surface area (Å²) in [5.74, 6) is 1.23. The molecule has 0 amide bonds. The zero-order chi connectivity index (χ0) is 14.7. The van der Waals surface area contributed by atoms with Gasteiger partial charge in [-0.3, -0.25) is 10.1 Å². The van der Waals surface area contributed by atoms with Crippen molar-refractivity contribution in [3.8, 4) is 11.4 Å². The Bertz CT molecular complexity index is 642. The Kier molecular flexibility index (Phi) is 4.57. The Morgan fingerprint density at radius 1 is 1.40 bits per heavy atom. The first-order chi connectivity index (χ1) is 9.58. The van der Waals surface area contributed by atoms with Gasteiger partial charge in [-0.25, -0.2) is 0 Å². The molecule has 2 rings (SSSR count). The Hall–Kier alpha value is -1.66. The fourth-order valence-electron chi connectivity index (χ4n) is 1.94. The Morgan fingerprint density at radius 3 is 2.75 bits per heavy atom. The van der Waals surface area contributed by atoms with Gasteiger partial charge >= 0.3 is 0 Å². The van der Waals surface area contributed by atoms with Crippen LogP contribution in [0.25, 0.3) is 11.4 Å². The molecule has 1 aromatic carbocycles. The first kappa shape index (κ1) is 14.7. The number of benzene rings is 1. The van der Waals surface area contributed by atoms with Crippen molar-refractivity contribution in [2.24, 2.45) is 0 Å². The van der Waals surface area contributed by atoms with Gasteiger partial charge in [-0.1, -0.05) is 18.5 Å². The van der Waals surface area contributed by atoms with Crippen molar-refractivity contribution in [1.82, 2.24) is 14.8 Å². The van der Waals surface area contributed by atoms with Gasteiger partial charge in [0.05, 0.1) is 16.4 Å². The lowest BCUT2D eigenvalue weighted by Crippen LogP contribution is -2.05. The third-order valence-electron chi connectivity index (χ3n) is 2.79. The summed E-state index contributed by atoms with van der Waals surface area (Å²) in [5, 5.41) is 19.5. The Balaban J connectivity index is 2.62. The van der Waals surface area contributed by atoms with Crippen LogP contribution in [0, 0.1) is 10.1 Å². The van der Waals surface area contributed by atoms with Crippen LogP contribution in [0.4, 0.5) is 5.69 Å². The summed E-state index contributed by atoms with van der Waals surface area (Å²) in [5.41, 5.74) is 0.292. The van der Waals surface area contributed by atoms with Gasteiger partial charge in [-0.15, -0.1) is 21.8 Å². The number of nitro benzene ring substituents is 1. The molecule has 0 aliphatic carbocycles. The van der Waals surface area contributed by atoms with E-state index >= 15 is 0 Å². The number of hydrogen-bond donors (Lipinski definition) is 0. The molecule has 0 aliphatic rings. The molecular weight excluding hydrogens is 303 g/mol. The van der Waals surface area contributed by atoms with Crippen molar-refractivity contribution in [1.29, 1.82) is 0 Å². The zero-order valence-corrected chi connectivity index (χ0v) is 12.2. The number of hydrogen-bond acceptors (Lipinski definition) is 4. The average Bonchev–Trinajstić information content (AvgIpc) is 2.82. The normalized spacial score (nSPS) is 10.8. The van der Waals surface area contributed by atoms with Crippen LogP contribution in [0.5, 0.6) is 0 Å². The second-order valence-electron chi connectivity index (χ2n) is 4.14. The largest absolute Gasteiger partial charge is 0.310 e. The summed E-state index contributed by atoms with van der Waals surface area (Å²) in [6.45, 7) is 2.64. The van der Waals surface area contributed by atoms with E-state index in [0.717, 1.165) is 6.42 Å². The Morgan fingerprint density at radius 2 is 2.15 bits per heavy atom. The molecule has 2 aromatic rings. The number of rotatable bonds is 5. The SMILES string of the molecule is CCCn1c(CCl)nnc1-c1ccc(Cl)cc1[N+](=O)[O-]. The molecule has 0 radical (unpaired) electrons. The number of nitro groups is 1. The molecule has 0 saturated carbocycles. The molecule has 0 spiro atoms. The molecule has 0 atom stereocenters. The Labute approximate surface area is 125 Å². The van der Waals surface area contributed by atoms with Crippen LogP contribution in [-0.2, 0) is 12.4 Å². The van der Waals surface area contributed by atoms with Crippen molar-refractivity contribution in [3.05, 3.63) is 39.2 Å². The van der Waals surface area contributed by atoms with Crippen molar-refractivity contribution in [2.75, 3.05) is 0 Å². The minimum Gasteiger partial charge on any atom is -0.310 e. The fourth-order valence-corrected chi connectivity index (χ4v) is 2.30. The lowest BCUT2D eigenvalue weighted by Gasteiger charge is -2.08. The highest BCUT2D eigenvalue weighted by Gasteiger charge is 2.22. The van der Waals surface area contributed by atoms with Crippen molar-refractivity contribution < 1.29 is 4.92 Å². The van der Waals surface area contributed by atoms with Gasteiger partial charge in [0.25, 0.3) is 5.69 Å².